The first kappa shape index (κ1) is 19.1. The van der Waals surface area contributed by atoms with E-state index < -0.39 is 6.04 Å². The van der Waals surface area contributed by atoms with Gasteiger partial charge in [-0.3, -0.25) is 14.4 Å². The molecule has 3 amide bonds. The fourth-order valence-corrected chi connectivity index (χ4v) is 3.86. The Hall–Kier alpha value is -2.67. The second-order valence-electron chi connectivity index (χ2n) is 6.46. The third-order valence-corrected chi connectivity index (χ3v) is 5.37. The van der Waals surface area contributed by atoms with Crippen LogP contribution in [0.5, 0.6) is 0 Å². The molecule has 1 atom stereocenters. The zero-order chi connectivity index (χ0) is 19.1. The van der Waals surface area contributed by atoms with E-state index in [4.69, 9.17) is 0 Å². The second-order valence-corrected chi connectivity index (χ2v) is 7.49. The number of carbonyl (C=O) groups is 3. The monoisotopic (exact) mass is 385 g/mol. The molecule has 0 saturated carbocycles. The molecule has 3 rings (SSSR count). The van der Waals surface area contributed by atoms with Crippen LogP contribution in [0.15, 0.2) is 47.8 Å². The third-order valence-electron chi connectivity index (χ3n) is 4.49. The van der Waals surface area contributed by atoms with Gasteiger partial charge >= 0.3 is 0 Å². The molecule has 2 aromatic rings. The first-order valence-electron chi connectivity index (χ1n) is 9.08. The molecule has 1 aliphatic rings. The minimum absolute atomic E-state index is 0.0167. The molecule has 0 radical (unpaired) electrons. The van der Waals surface area contributed by atoms with Crippen molar-refractivity contribution in [3.63, 3.8) is 0 Å². The highest BCUT2D eigenvalue weighted by Gasteiger charge is 2.33. The van der Waals surface area contributed by atoms with Crippen LogP contribution in [0.2, 0.25) is 0 Å². The van der Waals surface area contributed by atoms with E-state index in [1.54, 1.807) is 16.2 Å². The molecule has 0 aliphatic carbocycles. The number of benzene rings is 1. The van der Waals surface area contributed by atoms with E-state index in [0.717, 1.165) is 17.0 Å². The van der Waals surface area contributed by atoms with Gasteiger partial charge in [0.25, 0.3) is 0 Å². The maximum atomic E-state index is 12.5. The van der Waals surface area contributed by atoms with Crippen LogP contribution >= 0.6 is 11.3 Å². The predicted molar refractivity (Wildman–Crippen MR) is 105 cm³/mol. The van der Waals surface area contributed by atoms with Gasteiger partial charge in [-0.2, -0.15) is 0 Å². The minimum Gasteiger partial charge on any atom is -0.354 e. The van der Waals surface area contributed by atoms with Crippen LogP contribution in [0.25, 0.3) is 0 Å². The quantitative estimate of drug-likeness (QED) is 0.768. The summed E-state index contributed by atoms with van der Waals surface area (Å²) in [6, 6.07) is 12.6. The van der Waals surface area contributed by atoms with Gasteiger partial charge in [0.15, 0.2) is 0 Å². The lowest BCUT2D eigenvalue weighted by molar-refractivity contribution is -0.138. The van der Waals surface area contributed by atoms with Gasteiger partial charge in [-0.05, 0) is 36.4 Å². The molecule has 2 heterocycles. The Morgan fingerprint density at radius 3 is 2.67 bits per heavy atom. The van der Waals surface area contributed by atoms with Gasteiger partial charge in [0.1, 0.15) is 6.04 Å². The van der Waals surface area contributed by atoms with Crippen molar-refractivity contribution in [1.29, 1.82) is 0 Å². The Morgan fingerprint density at radius 1 is 1.11 bits per heavy atom. The number of nitrogens with zero attached hydrogens (tertiary/aromatic N) is 1. The molecule has 27 heavy (non-hydrogen) atoms. The molecule has 1 unspecified atom stereocenters. The zero-order valence-electron chi connectivity index (χ0n) is 15.0. The van der Waals surface area contributed by atoms with Crippen molar-refractivity contribution in [2.45, 2.75) is 31.7 Å². The van der Waals surface area contributed by atoms with Crippen molar-refractivity contribution in [2.75, 3.05) is 18.4 Å². The van der Waals surface area contributed by atoms with Crippen molar-refractivity contribution < 1.29 is 14.4 Å². The highest BCUT2D eigenvalue weighted by atomic mass is 32.1. The summed E-state index contributed by atoms with van der Waals surface area (Å²) in [4.78, 5) is 39.6. The zero-order valence-corrected chi connectivity index (χ0v) is 15.8. The molecule has 1 aromatic carbocycles. The van der Waals surface area contributed by atoms with Crippen LogP contribution in [-0.2, 0) is 20.8 Å². The van der Waals surface area contributed by atoms with Crippen LogP contribution in [0, 0.1) is 0 Å². The summed E-state index contributed by atoms with van der Waals surface area (Å²) in [5.41, 5.74) is 0.731. The standard InChI is InChI=1S/C20H23N3O3S/c24-18(22-15-6-2-1-3-7-15)10-11-21-20(26)17-9-4-12-23(17)19(25)14-16-8-5-13-27-16/h1-3,5-8,13,17H,4,9-12,14H2,(H,21,26)(H,22,24). The van der Waals surface area contributed by atoms with Gasteiger partial charge in [-0.15, -0.1) is 11.3 Å². The summed E-state index contributed by atoms with van der Waals surface area (Å²) in [7, 11) is 0. The fraction of sp³-hybridized carbons (Fsp3) is 0.350. The largest absolute Gasteiger partial charge is 0.354 e. The van der Waals surface area contributed by atoms with Crippen molar-refractivity contribution in [3.05, 3.63) is 52.7 Å². The summed E-state index contributed by atoms with van der Waals surface area (Å²) in [6.07, 6.45) is 2.01. The Bertz CT molecular complexity index is 777. The van der Waals surface area contributed by atoms with Gasteiger partial charge in [-0.1, -0.05) is 24.3 Å². The first-order valence-corrected chi connectivity index (χ1v) is 9.96. The summed E-state index contributed by atoms with van der Waals surface area (Å²) < 4.78 is 0. The molecule has 1 fully saturated rings. The molecule has 0 bridgehead atoms. The number of rotatable bonds is 7. The minimum atomic E-state index is -0.436. The van der Waals surface area contributed by atoms with E-state index in [1.807, 2.05) is 47.8 Å². The number of hydrogen-bond acceptors (Lipinski definition) is 4. The van der Waals surface area contributed by atoms with E-state index in [1.165, 1.54) is 0 Å². The number of thiophene rings is 1. The van der Waals surface area contributed by atoms with Crippen LogP contribution in [0.3, 0.4) is 0 Å². The summed E-state index contributed by atoms with van der Waals surface area (Å²) in [5.74, 6) is -0.352. The molecule has 6 nitrogen and oxygen atoms in total. The van der Waals surface area contributed by atoms with Gasteiger partial charge in [0.05, 0.1) is 6.42 Å². The lowest BCUT2D eigenvalue weighted by atomic mass is 10.2. The summed E-state index contributed by atoms with van der Waals surface area (Å²) >= 11 is 1.54. The van der Waals surface area contributed by atoms with Crippen molar-refractivity contribution in [2.24, 2.45) is 0 Å². The summed E-state index contributed by atoms with van der Waals surface area (Å²) in [5, 5.41) is 7.52. The molecular weight excluding hydrogens is 362 g/mol. The number of para-hydroxylation sites is 1. The molecular formula is C20H23N3O3S. The third kappa shape index (κ3) is 5.40. The Labute approximate surface area is 162 Å². The predicted octanol–water partition coefficient (Wildman–Crippen LogP) is 2.43. The Kier molecular flexibility index (Phi) is 6.59. The number of nitrogens with one attached hydrogen (secondary N) is 2. The second kappa shape index (κ2) is 9.32. The average molecular weight is 385 g/mol. The number of hydrogen-bond donors (Lipinski definition) is 2. The van der Waals surface area contributed by atoms with Gasteiger partial charge in [-0.25, -0.2) is 0 Å². The number of likely N-dealkylation sites (tertiary alicyclic amines) is 1. The maximum absolute atomic E-state index is 12.5. The molecule has 7 heteroatoms. The van der Waals surface area contributed by atoms with Crippen LogP contribution in [0.4, 0.5) is 5.69 Å². The Balaban J connectivity index is 1.44. The van der Waals surface area contributed by atoms with Crippen LogP contribution in [-0.4, -0.2) is 41.8 Å². The normalized spacial score (nSPS) is 16.1. The first-order chi connectivity index (χ1) is 13.1. The number of carbonyl (C=O) groups excluding carboxylic acids is 3. The molecule has 1 aliphatic heterocycles. The van der Waals surface area contributed by atoms with E-state index >= 15 is 0 Å². The lowest BCUT2D eigenvalue weighted by Crippen LogP contribution is -2.46. The van der Waals surface area contributed by atoms with Crippen molar-refractivity contribution >= 4 is 34.7 Å². The molecule has 2 N–H and O–H groups in total. The lowest BCUT2D eigenvalue weighted by Gasteiger charge is -2.23. The van der Waals surface area contributed by atoms with Gasteiger partial charge < -0.3 is 15.5 Å². The molecule has 1 saturated heterocycles. The van der Waals surface area contributed by atoms with Gasteiger partial charge in [0.2, 0.25) is 17.7 Å². The van der Waals surface area contributed by atoms with E-state index in [9.17, 15) is 14.4 Å². The molecule has 0 spiro atoms. The van der Waals surface area contributed by atoms with Crippen LogP contribution < -0.4 is 10.6 Å². The smallest absolute Gasteiger partial charge is 0.242 e. The van der Waals surface area contributed by atoms with E-state index in [-0.39, 0.29) is 30.7 Å². The van der Waals surface area contributed by atoms with Crippen molar-refractivity contribution in [1.82, 2.24) is 10.2 Å². The number of amides is 3. The topological polar surface area (TPSA) is 78.5 Å². The number of anilines is 1. The maximum Gasteiger partial charge on any atom is 0.242 e. The van der Waals surface area contributed by atoms with Crippen LogP contribution in [0.1, 0.15) is 24.1 Å². The highest BCUT2D eigenvalue weighted by Crippen LogP contribution is 2.20. The highest BCUT2D eigenvalue weighted by molar-refractivity contribution is 7.10. The Morgan fingerprint density at radius 2 is 1.93 bits per heavy atom. The van der Waals surface area contributed by atoms with E-state index in [2.05, 4.69) is 10.6 Å². The fourth-order valence-electron chi connectivity index (χ4n) is 3.16. The molecule has 1 aromatic heterocycles. The SMILES string of the molecule is O=C(CCNC(=O)C1CCCN1C(=O)Cc1cccs1)Nc1ccccc1. The van der Waals surface area contributed by atoms with E-state index in [0.29, 0.717) is 19.4 Å². The summed E-state index contributed by atoms with van der Waals surface area (Å²) in [6.45, 7) is 0.859. The molecule has 142 valence electrons. The van der Waals surface area contributed by atoms with Crippen molar-refractivity contribution in [3.8, 4) is 0 Å². The average Bonchev–Trinajstić information content (AvgIpc) is 3.34. The van der Waals surface area contributed by atoms with Gasteiger partial charge in [0, 0.05) is 30.1 Å².